The molecular formula is C30H20BN. The van der Waals surface area contributed by atoms with Crippen molar-refractivity contribution in [1.29, 1.82) is 0 Å². The van der Waals surface area contributed by atoms with Crippen LogP contribution in [0.2, 0.25) is 0 Å². The average molecular weight is 405 g/mol. The lowest BCUT2D eigenvalue weighted by Crippen LogP contribution is -1.99. The van der Waals surface area contributed by atoms with Crippen molar-refractivity contribution >= 4 is 35.1 Å². The van der Waals surface area contributed by atoms with Crippen LogP contribution in [-0.2, 0) is 0 Å². The van der Waals surface area contributed by atoms with E-state index in [-0.39, 0.29) is 0 Å². The Kier molecular flexibility index (Phi) is 4.43. The first-order chi connectivity index (χ1) is 15.8. The minimum Gasteiger partial charge on any atom is -0.309 e. The van der Waals surface area contributed by atoms with E-state index in [9.17, 15) is 0 Å². The zero-order valence-electron chi connectivity index (χ0n) is 17.6. The van der Waals surface area contributed by atoms with Gasteiger partial charge < -0.3 is 4.57 Å². The molecule has 148 valence electrons. The van der Waals surface area contributed by atoms with Gasteiger partial charge in [0.15, 0.2) is 0 Å². The topological polar surface area (TPSA) is 4.93 Å². The van der Waals surface area contributed by atoms with Crippen LogP contribution in [0.15, 0.2) is 121 Å². The van der Waals surface area contributed by atoms with Crippen LogP contribution < -0.4 is 5.46 Å². The molecule has 0 atom stereocenters. The van der Waals surface area contributed by atoms with E-state index in [2.05, 4.69) is 114 Å². The van der Waals surface area contributed by atoms with Crippen molar-refractivity contribution in [2.24, 2.45) is 0 Å². The summed E-state index contributed by atoms with van der Waals surface area (Å²) in [5.74, 6) is 0. The molecule has 2 heteroatoms. The molecule has 0 unspecified atom stereocenters. The van der Waals surface area contributed by atoms with Gasteiger partial charge >= 0.3 is 0 Å². The summed E-state index contributed by atoms with van der Waals surface area (Å²) in [6.45, 7) is 0. The van der Waals surface area contributed by atoms with E-state index in [0.717, 1.165) is 5.46 Å². The van der Waals surface area contributed by atoms with Crippen LogP contribution in [0.4, 0.5) is 0 Å². The standard InChI is InChI=1S/C30H20BN/c31-25-17-14-22(15-18-25)21-10-12-23(13-11-21)24-16-19-30-28(20-24)27-8-4-5-9-29(27)32(30)26-6-2-1-3-7-26/h1-20H. The Balaban J connectivity index is 1.48. The van der Waals surface area contributed by atoms with Gasteiger partial charge in [0.1, 0.15) is 7.85 Å². The van der Waals surface area contributed by atoms with Crippen molar-refractivity contribution in [1.82, 2.24) is 4.57 Å². The summed E-state index contributed by atoms with van der Waals surface area (Å²) < 4.78 is 2.35. The third-order valence-corrected chi connectivity index (χ3v) is 6.15. The van der Waals surface area contributed by atoms with Crippen LogP contribution >= 0.6 is 0 Å². The molecule has 6 rings (SSSR count). The average Bonchev–Trinajstić information content (AvgIpc) is 3.19. The van der Waals surface area contributed by atoms with Gasteiger partial charge in [0, 0.05) is 16.5 Å². The Labute approximate surface area is 189 Å². The predicted molar refractivity (Wildman–Crippen MR) is 137 cm³/mol. The molecule has 0 saturated heterocycles. The summed E-state index contributed by atoms with van der Waals surface area (Å²) in [4.78, 5) is 0. The van der Waals surface area contributed by atoms with Gasteiger partial charge in [0.25, 0.3) is 0 Å². The van der Waals surface area contributed by atoms with Gasteiger partial charge in [-0.15, -0.1) is 0 Å². The quantitative estimate of drug-likeness (QED) is 0.282. The first kappa shape index (κ1) is 18.7. The number of nitrogens with zero attached hydrogens (tertiary/aromatic N) is 1. The molecule has 5 aromatic carbocycles. The summed E-state index contributed by atoms with van der Waals surface area (Å²) in [5, 5.41) is 2.54. The number of para-hydroxylation sites is 2. The van der Waals surface area contributed by atoms with Crippen molar-refractivity contribution in [3.8, 4) is 27.9 Å². The van der Waals surface area contributed by atoms with Gasteiger partial charge in [0.05, 0.1) is 11.0 Å². The molecule has 1 aromatic heterocycles. The molecule has 0 fully saturated rings. The molecule has 0 bridgehead atoms. The van der Waals surface area contributed by atoms with Crippen LogP contribution in [0.3, 0.4) is 0 Å². The number of hydrogen-bond acceptors (Lipinski definition) is 0. The molecule has 6 aromatic rings. The largest absolute Gasteiger partial charge is 0.309 e. The van der Waals surface area contributed by atoms with Gasteiger partial charge in [0.2, 0.25) is 0 Å². The van der Waals surface area contributed by atoms with E-state index in [1.54, 1.807) is 0 Å². The Bertz CT molecular complexity index is 1540. The van der Waals surface area contributed by atoms with Gasteiger partial charge in [-0.3, -0.25) is 0 Å². The third kappa shape index (κ3) is 3.12. The highest BCUT2D eigenvalue weighted by Crippen LogP contribution is 2.35. The number of hydrogen-bond donors (Lipinski definition) is 0. The first-order valence-corrected chi connectivity index (χ1v) is 10.8. The summed E-state index contributed by atoms with van der Waals surface area (Å²) in [5.41, 5.74) is 9.21. The lowest BCUT2D eigenvalue weighted by molar-refractivity contribution is 1.18. The summed E-state index contributed by atoms with van der Waals surface area (Å²) in [6.07, 6.45) is 0. The van der Waals surface area contributed by atoms with E-state index in [1.807, 2.05) is 12.1 Å². The maximum atomic E-state index is 5.83. The minimum atomic E-state index is 0.785. The van der Waals surface area contributed by atoms with E-state index in [0.29, 0.717) is 0 Å². The molecule has 0 aliphatic carbocycles. The fourth-order valence-corrected chi connectivity index (χ4v) is 4.54. The molecule has 0 N–H and O–H groups in total. The van der Waals surface area contributed by atoms with E-state index >= 15 is 0 Å². The monoisotopic (exact) mass is 405 g/mol. The minimum absolute atomic E-state index is 0.785. The lowest BCUT2D eigenvalue weighted by atomic mass is 9.93. The molecule has 0 aliphatic rings. The second-order valence-corrected chi connectivity index (χ2v) is 8.12. The normalized spacial score (nSPS) is 11.2. The smallest absolute Gasteiger partial charge is 0.113 e. The fourth-order valence-electron chi connectivity index (χ4n) is 4.54. The predicted octanol–water partition coefficient (Wildman–Crippen LogP) is 6.91. The maximum Gasteiger partial charge on any atom is 0.113 e. The Morgan fingerprint density at radius 2 is 0.969 bits per heavy atom. The Hall–Kier alpha value is -4.04. The van der Waals surface area contributed by atoms with Crippen molar-refractivity contribution in [3.05, 3.63) is 121 Å². The summed E-state index contributed by atoms with van der Waals surface area (Å²) in [6, 6.07) is 42.7. The third-order valence-electron chi connectivity index (χ3n) is 6.15. The summed E-state index contributed by atoms with van der Waals surface area (Å²) in [7, 11) is 5.83. The van der Waals surface area contributed by atoms with Crippen LogP contribution in [0.5, 0.6) is 0 Å². The van der Waals surface area contributed by atoms with Crippen molar-refractivity contribution in [3.63, 3.8) is 0 Å². The number of rotatable bonds is 3. The fraction of sp³-hybridized carbons (Fsp3) is 0. The summed E-state index contributed by atoms with van der Waals surface area (Å²) >= 11 is 0. The van der Waals surface area contributed by atoms with Crippen molar-refractivity contribution in [2.75, 3.05) is 0 Å². The highest BCUT2D eigenvalue weighted by molar-refractivity contribution is 6.32. The van der Waals surface area contributed by atoms with Crippen LogP contribution in [0.1, 0.15) is 0 Å². The molecule has 1 heterocycles. The van der Waals surface area contributed by atoms with Gasteiger partial charge in [-0.05, 0) is 52.6 Å². The highest BCUT2D eigenvalue weighted by Gasteiger charge is 2.12. The van der Waals surface area contributed by atoms with Crippen LogP contribution in [0, 0.1) is 0 Å². The van der Waals surface area contributed by atoms with Gasteiger partial charge in [-0.2, -0.15) is 0 Å². The van der Waals surface area contributed by atoms with Gasteiger partial charge in [-0.25, -0.2) is 0 Å². The van der Waals surface area contributed by atoms with Crippen molar-refractivity contribution in [2.45, 2.75) is 0 Å². The molecule has 32 heavy (non-hydrogen) atoms. The molecule has 0 amide bonds. The van der Waals surface area contributed by atoms with E-state index in [1.165, 1.54) is 49.7 Å². The molecule has 0 spiro atoms. The maximum absolute atomic E-state index is 5.83. The highest BCUT2D eigenvalue weighted by atomic mass is 15.0. The number of aromatic nitrogens is 1. The van der Waals surface area contributed by atoms with E-state index < -0.39 is 0 Å². The SMILES string of the molecule is [B]c1ccc(-c2ccc(-c3ccc4c(c3)c3ccccc3n4-c3ccccc3)cc2)cc1. The second kappa shape index (κ2) is 7.58. The number of benzene rings is 5. The van der Waals surface area contributed by atoms with Gasteiger partial charge in [-0.1, -0.05) is 96.5 Å². The Morgan fingerprint density at radius 1 is 0.438 bits per heavy atom. The zero-order valence-corrected chi connectivity index (χ0v) is 17.6. The first-order valence-electron chi connectivity index (χ1n) is 10.8. The van der Waals surface area contributed by atoms with Crippen LogP contribution in [0.25, 0.3) is 49.7 Å². The molecule has 1 nitrogen and oxygen atoms in total. The van der Waals surface area contributed by atoms with Crippen LogP contribution in [-0.4, -0.2) is 12.4 Å². The lowest BCUT2D eigenvalue weighted by Gasteiger charge is -2.08. The molecule has 0 saturated carbocycles. The van der Waals surface area contributed by atoms with E-state index in [4.69, 9.17) is 7.85 Å². The Morgan fingerprint density at radius 3 is 1.69 bits per heavy atom. The number of fused-ring (bicyclic) bond motifs is 3. The zero-order chi connectivity index (χ0) is 21.5. The van der Waals surface area contributed by atoms with Crippen molar-refractivity contribution < 1.29 is 0 Å². The molecule has 2 radical (unpaired) electrons. The molecular weight excluding hydrogens is 385 g/mol. The molecule has 0 aliphatic heterocycles. The second-order valence-electron chi connectivity index (χ2n) is 8.12.